The molecule has 0 saturated heterocycles. The van der Waals surface area contributed by atoms with E-state index >= 15 is 0 Å². The van der Waals surface area contributed by atoms with Gasteiger partial charge in [0.1, 0.15) is 0 Å². The number of hydrogen-bond donors (Lipinski definition) is 2. The van der Waals surface area contributed by atoms with Crippen LogP contribution in [-0.4, -0.2) is 49.6 Å². The van der Waals surface area contributed by atoms with Gasteiger partial charge in [-0.1, -0.05) is 56.7 Å². The number of carbonyl (C=O) groups is 1. The van der Waals surface area contributed by atoms with Crippen LogP contribution in [0.15, 0.2) is 34.8 Å². The van der Waals surface area contributed by atoms with Gasteiger partial charge in [0.25, 0.3) is 0 Å². The van der Waals surface area contributed by atoms with E-state index < -0.39 is 11.4 Å². The molecule has 1 aromatic rings. The summed E-state index contributed by atoms with van der Waals surface area (Å²) in [5, 5.41) is 13.2. The van der Waals surface area contributed by atoms with E-state index in [1.54, 1.807) is 21.0 Å². The van der Waals surface area contributed by atoms with Crippen LogP contribution in [0.4, 0.5) is 0 Å². The Morgan fingerprint density at radius 3 is 2.53 bits per heavy atom. The predicted molar refractivity (Wildman–Crippen MR) is 150 cm³/mol. The van der Waals surface area contributed by atoms with Gasteiger partial charge in [0.15, 0.2) is 0 Å². The van der Waals surface area contributed by atoms with Gasteiger partial charge in [-0.15, -0.1) is 0 Å². The zero-order chi connectivity index (χ0) is 26.3. The second-order valence-electron chi connectivity index (χ2n) is 12.9. The lowest BCUT2D eigenvalue weighted by molar-refractivity contribution is -0.146. The summed E-state index contributed by atoms with van der Waals surface area (Å²) in [6.45, 7) is 11.5. The number of nitrogens with zero attached hydrogens (tertiary/aromatic N) is 1. The van der Waals surface area contributed by atoms with Crippen molar-refractivity contribution >= 4 is 18.3 Å². The monoisotopic (exact) mass is 496 g/mol. The van der Waals surface area contributed by atoms with E-state index in [0.29, 0.717) is 30.5 Å². The van der Waals surface area contributed by atoms with Gasteiger partial charge in [0, 0.05) is 32.0 Å². The predicted octanol–water partition coefficient (Wildman–Crippen LogP) is 6.41. The van der Waals surface area contributed by atoms with E-state index in [9.17, 15) is 9.90 Å². The highest BCUT2D eigenvalue weighted by Gasteiger charge is 2.41. The molecule has 0 aromatic heterocycles. The number of carboxylic acid groups (broad SMARTS) is 1. The van der Waals surface area contributed by atoms with Crippen molar-refractivity contribution in [2.45, 2.75) is 91.6 Å². The molecule has 3 rings (SSSR count). The standard InChI is InChI=1S/C31H48N2O3/c1-30(2,3)19-24-9-7-8-23(16-24)17-25(14-15-36-6)27-18-28(27)33-26-12-10-22(11-13-26)20-32-21-31(4,5)29(34)35/h7-9,16-17,20,22,26-28,33H,10-15,18-19,21H2,1-6H3,(H,34,35)/b25-17+,32-20+/t22?,26?,27-,28+/m0/s1. The number of ether oxygens (including phenoxy) is 1. The van der Waals surface area contributed by atoms with Crippen molar-refractivity contribution in [1.29, 1.82) is 0 Å². The first-order valence-corrected chi connectivity index (χ1v) is 13.7. The van der Waals surface area contributed by atoms with E-state index in [1.807, 2.05) is 6.21 Å². The first-order chi connectivity index (χ1) is 17.0. The van der Waals surface area contributed by atoms with E-state index in [1.165, 1.54) is 23.1 Å². The lowest BCUT2D eigenvalue weighted by Gasteiger charge is -2.28. The van der Waals surface area contributed by atoms with E-state index in [4.69, 9.17) is 4.74 Å². The Morgan fingerprint density at radius 1 is 1.17 bits per heavy atom. The smallest absolute Gasteiger partial charge is 0.310 e. The van der Waals surface area contributed by atoms with Gasteiger partial charge in [-0.25, -0.2) is 0 Å². The Morgan fingerprint density at radius 2 is 1.89 bits per heavy atom. The maximum absolute atomic E-state index is 11.3. The Hall–Kier alpha value is -1.98. The minimum absolute atomic E-state index is 0.284. The quantitative estimate of drug-likeness (QED) is 0.328. The molecule has 0 radical (unpaired) electrons. The van der Waals surface area contributed by atoms with Gasteiger partial charge in [-0.05, 0) is 87.2 Å². The second kappa shape index (κ2) is 12.5. The summed E-state index contributed by atoms with van der Waals surface area (Å²) in [4.78, 5) is 15.7. The normalized spacial score (nSPS) is 25.3. The van der Waals surface area contributed by atoms with Crippen molar-refractivity contribution in [1.82, 2.24) is 5.32 Å². The number of benzene rings is 1. The fraction of sp³-hybridized carbons (Fsp3) is 0.677. The van der Waals surface area contributed by atoms with E-state index in [0.717, 1.165) is 45.1 Å². The van der Waals surface area contributed by atoms with Crippen molar-refractivity contribution in [2.24, 2.45) is 27.7 Å². The molecule has 0 spiro atoms. The van der Waals surface area contributed by atoms with Gasteiger partial charge in [-0.2, -0.15) is 0 Å². The highest BCUT2D eigenvalue weighted by atomic mass is 16.5. The Kier molecular flexibility index (Phi) is 9.94. The summed E-state index contributed by atoms with van der Waals surface area (Å²) < 4.78 is 5.43. The molecule has 0 bridgehead atoms. The van der Waals surface area contributed by atoms with Gasteiger partial charge in [-0.3, -0.25) is 9.79 Å². The third-order valence-corrected chi connectivity index (χ3v) is 7.50. The summed E-state index contributed by atoms with van der Waals surface area (Å²) in [7, 11) is 1.79. The third kappa shape index (κ3) is 9.15. The fourth-order valence-electron chi connectivity index (χ4n) is 5.23. The second-order valence-corrected chi connectivity index (χ2v) is 12.9. The molecule has 2 saturated carbocycles. The van der Waals surface area contributed by atoms with Crippen LogP contribution in [0, 0.1) is 22.7 Å². The lowest BCUT2D eigenvalue weighted by Crippen LogP contribution is -2.36. The minimum atomic E-state index is -0.793. The average molecular weight is 497 g/mol. The van der Waals surface area contributed by atoms with Crippen LogP contribution in [0.2, 0.25) is 0 Å². The molecule has 1 aromatic carbocycles. The molecule has 36 heavy (non-hydrogen) atoms. The van der Waals surface area contributed by atoms with Crippen molar-refractivity contribution in [3.05, 3.63) is 41.0 Å². The minimum Gasteiger partial charge on any atom is -0.481 e. The summed E-state index contributed by atoms with van der Waals surface area (Å²) >= 11 is 0. The van der Waals surface area contributed by atoms with Crippen molar-refractivity contribution < 1.29 is 14.6 Å². The SMILES string of the molecule is COCC/C(=C\c1cccc(CC(C)(C)C)c1)[C@@H]1C[C@H]1NC1CCC(/C=N/CC(C)(C)C(=O)O)CC1. The molecule has 0 aliphatic heterocycles. The summed E-state index contributed by atoms with van der Waals surface area (Å²) in [6.07, 6.45) is 12.3. The molecule has 5 heteroatoms. The van der Waals surface area contributed by atoms with Crippen LogP contribution in [0.25, 0.3) is 6.08 Å². The molecule has 2 atom stereocenters. The lowest BCUT2D eigenvalue weighted by atomic mass is 9.86. The number of methoxy groups -OCH3 is 1. The fourth-order valence-corrected chi connectivity index (χ4v) is 5.23. The van der Waals surface area contributed by atoms with E-state index in [-0.39, 0.29) is 5.41 Å². The number of aliphatic imine (C=N–C) groups is 1. The molecular formula is C31H48N2O3. The van der Waals surface area contributed by atoms with Crippen LogP contribution < -0.4 is 5.32 Å². The van der Waals surface area contributed by atoms with Gasteiger partial charge < -0.3 is 15.2 Å². The number of hydrogen-bond acceptors (Lipinski definition) is 4. The third-order valence-electron chi connectivity index (χ3n) is 7.50. The van der Waals surface area contributed by atoms with Crippen molar-refractivity contribution in [3.63, 3.8) is 0 Å². The molecule has 5 nitrogen and oxygen atoms in total. The molecule has 2 fully saturated rings. The van der Waals surface area contributed by atoms with E-state index in [2.05, 4.69) is 61.4 Å². The zero-order valence-corrected chi connectivity index (χ0v) is 23.3. The number of nitrogens with one attached hydrogen (secondary N) is 1. The Balaban J connectivity index is 1.52. The zero-order valence-electron chi connectivity index (χ0n) is 23.3. The molecule has 0 heterocycles. The van der Waals surface area contributed by atoms with Gasteiger partial charge in [0.05, 0.1) is 12.0 Å². The molecule has 200 valence electrons. The van der Waals surface area contributed by atoms with Crippen LogP contribution >= 0.6 is 0 Å². The van der Waals surface area contributed by atoms with Crippen LogP contribution in [-0.2, 0) is 16.0 Å². The molecule has 0 unspecified atom stereocenters. The summed E-state index contributed by atoms with van der Waals surface area (Å²) in [5.41, 5.74) is 3.70. The van der Waals surface area contributed by atoms with Crippen molar-refractivity contribution in [3.8, 4) is 0 Å². The first-order valence-electron chi connectivity index (χ1n) is 13.7. The molecule has 0 amide bonds. The van der Waals surface area contributed by atoms with Gasteiger partial charge in [0.2, 0.25) is 0 Å². The highest BCUT2D eigenvalue weighted by molar-refractivity contribution is 5.74. The molecule has 2 aliphatic rings. The number of carboxylic acids is 1. The first kappa shape index (κ1) is 28.6. The Bertz CT molecular complexity index is 920. The molecule has 2 aliphatic carbocycles. The molecular weight excluding hydrogens is 448 g/mol. The maximum atomic E-state index is 11.3. The average Bonchev–Trinajstić information content (AvgIpc) is 3.55. The molecule has 2 N–H and O–H groups in total. The van der Waals surface area contributed by atoms with Crippen molar-refractivity contribution in [2.75, 3.05) is 20.3 Å². The van der Waals surface area contributed by atoms with Crippen LogP contribution in [0.1, 0.15) is 84.3 Å². The largest absolute Gasteiger partial charge is 0.481 e. The summed E-state index contributed by atoms with van der Waals surface area (Å²) in [5.74, 6) is 0.284. The van der Waals surface area contributed by atoms with Crippen LogP contribution in [0.3, 0.4) is 0 Å². The topological polar surface area (TPSA) is 70.9 Å². The van der Waals surface area contributed by atoms with Crippen LogP contribution in [0.5, 0.6) is 0 Å². The number of aliphatic carboxylic acids is 1. The van der Waals surface area contributed by atoms with Gasteiger partial charge >= 0.3 is 5.97 Å². The number of rotatable bonds is 12. The maximum Gasteiger partial charge on any atom is 0.310 e. The summed E-state index contributed by atoms with van der Waals surface area (Å²) in [6, 6.07) is 10.1. The highest BCUT2D eigenvalue weighted by Crippen LogP contribution is 2.41. The Labute approximate surface area is 218 Å².